The Labute approximate surface area is 354 Å². The van der Waals surface area contributed by atoms with Gasteiger partial charge in [0.1, 0.15) is 0 Å². The molecule has 60 heavy (non-hydrogen) atoms. The number of thiophene rings is 1. The van der Waals surface area contributed by atoms with Crippen LogP contribution < -0.4 is 4.90 Å². The van der Waals surface area contributed by atoms with Gasteiger partial charge in [-0.3, -0.25) is 0 Å². The highest BCUT2D eigenvalue weighted by molar-refractivity contribution is 7.25. The van der Waals surface area contributed by atoms with Gasteiger partial charge in [-0.1, -0.05) is 176 Å². The van der Waals surface area contributed by atoms with Crippen molar-refractivity contribution in [2.75, 3.05) is 4.90 Å². The lowest BCUT2D eigenvalue weighted by Gasteiger charge is -2.26. The van der Waals surface area contributed by atoms with Crippen molar-refractivity contribution < 1.29 is 0 Å². The molecule has 0 saturated carbocycles. The second-order valence-electron chi connectivity index (χ2n) is 15.3. The van der Waals surface area contributed by atoms with Crippen molar-refractivity contribution >= 4 is 59.3 Å². The summed E-state index contributed by atoms with van der Waals surface area (Å²) in [4.78, 5) is 2.37. The molecule has 0 aliphatic heterocycles. The van der Waals surface area contributed by atoms with Crippen LogP contribution in [0.15, 0.2) is 237 Å². The molecule has 0 aliphatic rings. The summed E-state index contributed by atoms with van der Waals surface area (Å²) in [5, 5.41) is 5.15. The van der Waals surface area contributed by atoms with Crippen LogP contribution in [0, 0.1) is 0 Å². The smallest absolute Gasteiger partial charge is 0.0462 e. The Hall–Kier alpha value is -7.52. The summed E-state index contributed by atoms with van der Waals surface area (Å²) < 4.78 is 2.64. The van der Waals surface area contributed by atoms with Crippen LogP contribution in [0.3, 0.4) is 0 Å². The Bertz CT molecular complexity index is 3290. The molecule has 0 fully saturated rings. The van der Waals surface area contributed by atoms with E-state index in [0.717, 1.165) is 17.1 Å². The minimum absolute atomic E-state index is 1.10. The van der Waals surface area contributed by atoms with Crippen molar-refractivity contribution in [1.29, 1.82) is 0 Å². The standard InChI is InChI=1S/C58H39NS/c1-2-13-42(14-3-1)52-18-6-7-19-53(52)43-28-34-50(35-29-43)59(51-36-30-44(31-37-51)54-21-11-23-57-58(54)55-20-8-9-22-56(55)60-57)49-32-26-41(27-33-49)46-16-10-17-47(38-46)48-25-24-40-12-4-5-15-45(40)39-48/h1-39H. The molecule has 0 unspecified atom stereocenters. The van der Waals surface area contributed by atoms with Gasteiger partial charge in [-0.2, -0.15) is 0 Å². The van der Waals surface area contributed by atoms with Crippen LogP contribution in [0.1, 0.15) is 0 Å². The summed E-state index contributed by atoms with van der Waals surface area (Å²) in [6.45, 7) is 0. The van der Waals surface area contributed by atoms with Crippen LogP contribution in [-0.2, 0) is 0 Å². The predicted octanol–water partition coefficient (Wildman–Crippen LogP) is 17.0. The predicted molar refractivity (Wildman–Crippen MR) is 259 cm³/mol. The molecule has 0 radical (unpaired) electrons. The highest BCUT2D eigenvalue weighted by Crippen LogP contribution is 2.43. The van der Waals surface area contributed by atoms with Crippen LogP contribution >= 0.6 is 11.3 Å². The van der Waals surface area contributed by atoms with Gasteiger partial charge < -0.3 is 4.90 Å². The summed E-state index contributed by atoms with van der Waals surface area (Å²) in [5.74, 6) is 0. The molecule has 11 rings (SSSR count). The van der Waals surface area contributed by atoms with E-state index in [9.17, 15) is 0 Å². The number of hydrogen-bond donors (Lipinski definition) is 0. The van der Waals surface area contributed by atoms with Gasteiger partial charge in [0.25, 0.3) is 0 Å². The summed E-state index contributed by atoms with van der Waals surface area (Å²) >= 11 is 1.86. The molecule has 10 aromatic carbocycles. The van der Waals surface area contributed by atoms with E-state index in [4.69, 9.17) is 0 Å². The largest absolute Gasteiger partial charge is 0.311 e. The van der Waals surface area contributed by atoms with Crippen LogP contribution in [0.2, 0.25) is 0 Å². The molecule has 1 heterocycles. The number of hydrogen-bond acceptors (Lipinski definition) is 2. The highest BCUT2D eigenvalue weighted by Gasteiger charge is 2.16. The first-order chi connectivity index (χ1) is 29.7. The minimum Gasteiger partial charge on any atom is -0.311 e. The Morgan fingerprint density at radius 2 is 0.717 bits per heavy atom. The molecule has 1 nitrogen and oxygen atoms in total. The lowest BCUT2D eigenvalue weighted by molar-refractivity contribution is 1.28. The minimum atomic E-state index is 1.10. The van der Waals surface area contributed by atoms with Gasteiger partial charge in [0.15, 0.2) is 0 Å². The lowest BCUT2D eigenvalue weighted by atomic mass is 9.94. The second kappa shape index (κ2) is 15.3. The molecule has 11 aromatic rings. The summed E-state index contributed by atoms with van der Waals surface area (Å²) in [6.07, 6.45) is 0. The normalized spacial score (nSPS) is 11.3. The monoisotopic (exact) mass is 781 g/mol. The number of rotatable bonds is 8. The third-order valence-electron chi connectivity index (χ3n) is 11.7. The van der Waals surface area contributed by atoms with Gasteiger partial charge in [-0.15, -0.1) is 11.3 Å². The van der Waals surface area contributed by atoms with Crippen molar-refractivity contribution in [2.24, 2.45) is 0 Å². The van der Waals surface area contributed by atoms with E-state index >= 15 is 0 Å². The van der Waals surface area contributed by atoms with Crippen molar-refractivity contribution in [3.63, 3.8) is 0 Å². The van der Waals surface area contributed by atoms with E-state index in [0.29, 0.717) is 0 Å². The molecule has 282 valence electrons. The zero-order valence-corrected chi connectivity index (χ0v) is 33.7. The molecular formula is C58H39NS. The molecule has 0 spiro atoms. The molecule has 1 aromatic heterocycles. The number of nitrogens with zero attached hydrogens (tertiary/aromatic N) is 1. The first kappa shape index (κ1) is 35.6. The fourth-order valence-corrected chi connectivity index (χ4v) is 9.83. The third kappa shape index (κ3) is 6.63. The van der Waals surface area contributed by atoms with Crippen LogP contribution in [0.4, 0.5) is 17.1 Å². The van der Waals surface area contributed by atoms with Crippen LogP contribution in [0.25, 0.3) is 86.6 Å². The number of fused-ring (bicyclic) bond motifs is 4. The average molecular weight is 782 g/mol. The van der Waals surface area contributed by atoms with Gasteiger partial charge >= 0.3 is 0 Å². The van der Waals surface area contributed by atoms with Gasteiger partial charge in [-0.25, -0.2) is 0 Å². The fourth-order valence-electron chi connectivity index (χ4n) is 8.70. The van der Waals surface area contributed by atoms with E-state index in [1.54, 1.807) is 0 Å². The Kier molecular flexibility index (Phi) is 9.11. The van der Waals surface area contributed by atoms with E-state index in [1.807, 2.05) is 11.3 Å². The molecule has 0 N–H and O–H groups in total. The summed E-state index contributed by atoms with van der Waals surface area (Å²) in [5.41, 5.74) is 15.4. The molecule has 2 heteroatoms. The molecule has 0 amide bonds. The van der Waals surface area contributed by atoms with Crippen LogP contribution in [0.5, 0.6) is 0 Å². The summed E-state index contributed by atoms with van der Waals surface area (Å²) in [6, 6.07) is 86.0. The highest BCUT2D eigenvalue weighted by atomic mass is 32.1. The summed E-state index contributed by atoms with van der Waals surface area (Å²) in [7, 11) is 0. The van der Waals surface area contributed by atoms with E-state index in [1.165, 1.54) is 86.6 Å². The van der Waals surface area contributed by atoms with Crippen molar-refractivity contribution in [3.05, 3.63) is 237 Å². The second-order valence-corrected chi connectivity index (χ2v) is 16.4. The fraction of sp³-hybridized carbons (Fsp3) is 0. The van der Waals surface area contributed by atoms with Crippen LogP contribution in [-0.4, -0.2) is 0 Å². The van der Waals surface area contributed by atoms with Crippen molar-refractivity contribution in [1.82, 2.24) is 0 Å². The zero-order chi connectivity index (χ0) is 39.8. The van der Waals surface area contributed by atoms with Crippen molar-refractivity contribution in [2.45, 2.75) is 0 Å². The van der Waals surface area contributed by atoms with Gasteiger partial charge in [0, 0.05) is 37.2 Å². The maximum atomic E-state index is 2.37. The first-order valence-electron chi connectivity index (χ1n) is 20.5. The average Bonchev–Trinajstić information content (AvgIpc) is 3.72. The van der Waals surface area contributed by atoms with E-state index < -0.39 is 0 Å². The van der Waals surface area contributed by atoms with Crippen molar-refractivity contribution in [3.8, 4) is 55.6 Å². The van der Waals surface area contributed by atoms with E-state index in [-0.39, 0.29) is 0 Å². The van der Waals surface area contributed by atoms with Gasteiger partial charge in [0.05, 0.1) is 0 Å². The lowest BCUT2D eigenvalue weighted by Crippen LogP contribution is -2.09. The molecule has 0 bridgehead atoms. The van der Waals surface area contributed by atoms with Gasteiger partial charge in [-0.05, 0) is 127 Å². The molecule has 0 aliphatic carbocycles. The topological polar surface area (TPSA) is 3.24 Å². The van der Waals surface area contributed by atoms with E-state index in [2.05, 4.69) is 241 Å². The number of anilines is 3. The number of benzene rings is 10. The third-order valence-corrected chi connectivity index (χ3v) is 12.8. The Balaban J connectivity index is 0.970. The molecule has 0 atom stereocenters. The zero-order valence-electron chi connectivity index (χ0n) is 32.9. The Morgan fingerprint density at radius 1 is 0.267 bits per heavy atom. The quantitative estimate of drug-likeness (QED) is 0.148. The Morgan fingerprint density at radius 3 is 1.42 bits per heavy atom. The first-order valence-corrected chi connectivity index (χ1v) is 21.3. The maximum Gasteiger partial charge on any atom is 0.0462 e. The molecular weight excluding hydrogens is 743 g/mol. The maximum absolute atomic E-state index is 2.37. The SMILES string of the molecule is c1ccc(-c2ccccc2-c2ccc(N(c3ccc(-c4cccc(-c5ccc6ccccc6c5)c4)cc3)c3ccc(-c4cccc5sc6ccccc6c45)cc3)cc2)cc1. The van der Waals surface area contributed by atoms with Gasteiger partial charge in [0.2, 0.25) is 0 Å². The molecule has 0 saturated heterocycles.